The van der Waals surface area contributed by atoms with Gasteiger partial charge in [-0.3, -0.25) is 14.9 Å². The minimum Gasteiger partial charge on any atom is -0.467 e. The number of benzene rings is 2. The second-order valence-electron chi connectivity index (χ2n) is 7.12. The van der Waals surface area contributed by atoms with E-state index < -0.39 is 0 Å². The summed E-state index contributed by atoms with van der Waals surface area (Å²) in [7, 11) is 0. The van der Waals surface area contributed by atoms with Crippen molar-refractivity contribution in [1.29, 1.82) is 0 Å². The minimum absolute atomic E-state index is 0.0917. The molecule has 1 aliphatic heterocycles. The van der Waals surface area contributed by atoms with Gasteiger partial charge in [0.05, 0.1) is 30.2 Å². The van der Waals surface area contributed by atoms with E-state index in [1.807, 2.05) is 73.7 Å². The van der Waals surface area contributed by atoms with E-state index in [0.717, 1.165) is 11.3 Å². The van der Waals surface area contributed by atoms with E-state index in [1.54, 1.807) is 11.2 Å². The molecule has 6 nitrogen and oxygen atoms in total. The van der Waals surface area contributed by atoms with E-state index in [9.17, 15) is 9.59 Å². The molecule has 0 bridgehead atoms. The fourth-order valence-corrected chi connectivity index (χ4v) is 3.73. The molecule has 2 aromatic carbocycles. The lowest BCUT2D eigenvalue weighted by molar-refractivity contribution is -0.118. The zero-order valence-corrected chi connectivity index (χ0v) is 16.2. The van der Waals surface area contributed by atoms with Crippen LogP contribution in [0.4, 0.5) is 11.4 Å². The highest BCUT2D eigenvalue weighted by Gasteiger charge is 2.30. The highest BCUT2D eigenvalue weighted by atomic mass is 16.3. The number of para-hydroxylation sites is 2. The lowest BCUT2D eigenvalue weighted by Crippen LogP contribution is -2.44. The number of fused-ring (bicyclic) bond motifs is 1. The normalized spacial score (nSPS) is 17.2. The maximum absolute atomic E-state index is 13.2. The smallest absolute Gasteiger partial charge is 0.241 e. The summed E-state index contributed by atoms with van der Waals surface area (Å²) in [6.45, 7) is 1.99. The lowest BCUT2D eigenvalue weighted by atomic mass is 10.0. The Bertz CT molecular complexity index is 986. The van der Waals surface area contributed by atoms with Crippen LogP contribution >= 0.6 is 0 Å². The Morgan fingerprint density at radius 2 is 1.90 bits per heavy atom. The number of hydrogen-bond acceptors (Lipinski definition) is 4. The summed E-state index contributed by atoms with van der Waals surface area (Å²) < 4.78 is 5.60. The molecule has 29 heavy (non-hydrogen) atoms. The summed E-state index contributed by atoms with van der Waals surface area (Å²) in [5, 5.41) is 6.21. The Morgan fingerprint density at radius 1 is 1.14 bits per heavy atom. The molecule has 0 unspecified atom stereocenters. The summed E-state index contributed by atoms with van der Waals surface area (Å²) in [6, 6.07) is 20.5. The van der Waals surface area contributed by atoms with Crippen molar-refractivity contribution in [2.24, 2.45) is 0 Å². The van der Waals surface area contributed by atoms with E-state index >= 15 is 0 Å². The highest BCUT2D eigenvalue weighted by molar-refractivity contribution is 6.04. The summed E-state index contributed by atoms with van der Waals surface area (Å²) in [4.78, 5) is 27.1. The van der Waals surface area contributed by atoms with Gasteiger partial charge in [-0.15, -0.1) is 0 Å². The second kappa shape index (κ2) is 8.32. The van der Waals surface area contributed by atoms with Gasteiger partial charge < -0.3 is 14.6 Å². The fourth-order valence-electron chi connectivity index (χ4n) is 3.73. The maximum Gasteiger partial charge on any atom is 0.241 e. The van der Waals surface area contributed by atoms with Crippen molar-refractivity contribution in [2.45, 2.75) is 25.4 Å². The zero-order valence-electron chi connectivity index (χ0n) is 16.2. The molecule has 1 aliphatic rings. The molecular weight excluding hydrogens is 366 g/mol. The topological polar surface area (TPSA) is 74.6 Å². The number of nitrogens with zero attached hydrogens (tertiary/aromatic N) is 1. The standard InChI is InChI=1S/C23H23N3O3/c1-16-14-21(27)25-18-10-5-6-11-19(18)26(16)22(28)15-24-23(20-12-7-13-29-20)17-8-3-2-4-9-17/h2-13,16,23-24H,14-15H2,1H3,(H,25,27)/t16-,23-/m1/s1. The van der Waals surface area contributed by atoms with Gasteiger partial charge >= 0.3 is 0 Å². The summed E-state index contributed by atoms with van der Waals surface area (Å²) in [5.41, 5.74) is 2.38. The molecule has 4 rings (SSSR count). The Kier molecular flexibility index (Phi) is 5.44. The van der Waals surface area contributed by atoms with Gasteiger partial charge in [-0.05, 0) is 36.8 Å². The Labute approximate surface area is 169 Å². The van der Waals surface area contributed by atoms with Gasteiger partial charge in [-0.25, -0.2) is 0 Å². The van der Waals surface area contributed by atoms with Crippen molar-refractivity contribution >= 4 is 23.2 Å². The van der Waals surface area contributed by atoms with Gasteiger partial charge in [0.25, 0.3) is 0 Å². The van der Waals surface area contributed by atoms with Gasteiger partial charge in [-0.1, -0.05) is 42.5 Å². The molecular formula is C23H23N3O3. The molecule has 0 aliphatic carbocycles. The predicted molar refractivity (Wildman–Crippen MR) is 112 cm³/mol. The summed E-state index contributed by atoms with van der Waals surface area (Å²) >= 11 is 0. The molecule has 0 fully saturated rings. The Morgan fingerprint density at radius 3 is 2.66 bits per heavy atom. The van der Waals surface area contributed by atoms with Crippen LogP contribution in [0.15, 0.2) is 77.4 Å². The van der Waals surface area contributed by atoms with Crippen LogP contribution < -0.4 is 15.5 Å². The lowest BCUT2D eigenvalue weighted by Gasteiger charge is -2.29. The van der Waals surface area contributed by atoms with Crippen LogP contribution in [0.1, 0.15) is 30.7 Å². The van der Waals surface area contributed by atoms with E-state index in [2.05, 4.69) is 10.6 Å². The van der Waals surface area contributed by atoms with Crippen molar-refractivity contribution in [1.82, 2.24) is 5.32 Å². The molecule has 2 amide bonds. The molecule has 2 heterocycles. The van der Waals surface area contributed by atoms with Crippen molar-refractivity contribution in [2.75, 3.05) is 16.8 Å². The third kappa shape index (κ3) is 4.07. The number of furan rings is 1. The van der Waals surface area contributed by atoms with Crippen molar-refractivity contribution in [3.8, 4) is 0 Å². The fraction of sp³-hybridized carbons (Fsp3) is 0.217. The van der Waals surface area contributed by atoms with E-state index in [-0.39, 0.29) is 36.9 Å². The van der Waals surface area contributed by atoms with Crippen molar-refractivity contribution < 1.29 is 14.0 Å². The molecule has 0 radical (unpaired) electrons. The monoisotopic (exact) mass is 389 g/mol. The van der Waals surface area contributed by atoms with Crippen LogP contribution in [-0.2, 0) is 9.59 Å². The number of carbonyl (C=O) groups is 2. The van der Waals surface area contributed by atoms with Gasteiger partial charge in [-0.2, -0.15) is 0 Å². The maximum atomic E-state index is 13.2. The molecule has 6 heteroatoms. The van der Waals surface area contributed by atoms with Crippen LogP contribution in [0, 0.1) is 0 Å². The second-order valence-corrected chi connectivity index (χ2v) is 7.12. The molecule has 0 saturated heterocycles. The first-order chi connectivity index (χ1) is 14.1. The van der Waals surface area contributed by atoms with E-state index in [4.69, 9.17) is 4.42 Å². The van der Waals surface area contributed by atoms with Gasteiger partial charge in [0.1, 0.15) is 5.76 Å². The zero-order chi connectivity index (χ0) is 20.2. The molecule has 0 spiro atoms. The van der Waals surface area contributed by atoms with Crippen LogP contribution in [-0.4, -0.2) is 24.4 Å². The quantitative estimate of drug-likeness (QED) is 0.697. The minimum atomic E-state index is -0.244. The Balaban J connectivity index is 1.57. The first kappa shape index (κ1) is 19.0. The van der Waals surface area contributed by atoms with Crippen LogP contribution in [0.5, 0.6) is 0 Å². The number of anilines is 2. The number of carbonyl (C=O) groups excluding carboxylic acids is 2. The number of nitrogens with one attached hydrogen (secondary N) is 2. The average Bonchev–Trinajstić information content (AvgIpc) is 3.20. The first-order valence-electron chi connectivity index (χ1n) is 9.66. The number of hydrogen-bond donors (Lipinski definition) is 2. The third-order valence-corrected chi connectivity index (χ3v) is 5.05. The molecule has 3 aromatic rings. The SMILES string of the molecule is C[C@@H]1CC(=O)Nc2ccccc2N1C(=O)CN[C@H](c1ccccc1)c1ccco1. The average molecular weight is 389 g/mol. The first-order valence-corrected chi connectivity index (χ1v) is 9.66. The van der Waals surface area contributed by atoms with Gasteiger partial charge in [0.15, 0.2) is 0 Å². The van der Waals surface area contributed by atoms with Crippen LogP contribution in [0.2, 0.25) is 0 Å². The third-order valence-electron chi connectivity index (χ3n) is 5.05. The highest BCUT2D eigenvalue weighted by Crippen LogP contribution is 2.31. The molecule has 1 aromatic heterocycles. The number of amides is 2. The van der Waals surface area contributed by atoms with Gasteiger partial charge in [0.2, 0.25) is 11.8 Å². The van der Waals surface area contributed by atoms with Gasteiger partial charge in [0, 0.05) is 12.5 Å². The van der Waals surface area contributed by atoms with Crippen molar-refractivity contribution in [3.05, 3.63) is 84.3 Å². The molecule has 0 saturated carbocycles. The number of rotatable bonds is 5. The van der Waals surface area contributed by atoms with E-state index in [0.29, 0.717) is 11.4 Å². The summed E-state index contributed by atoms with van der Waals surface area (Å²) in [6.07, 6.45) is 1.87. The Hall–Kier alpha value is -3.38. The van der Waals surface area contributed by atoms with Crippen LogP contribution in [0.3, 0.4) is 0 Å². The largest absolute Gasteiger partial charge is 0.467 e. The molecule has 148 valence electrons. The molecule has 2 atom stereocenters. The molecule has 2 N–H and O–H groups in total. The predicted octanol–water partition coefficient (Wildman–Crippen LogP) is 3.72. The van der Waals surface area contributed by atoms with Crippen molar-refractivity contribution in [3.63, 3.8) is 0 Å². The van der Waals surface area contributed by atoms with Crippen LogP contribution in [0.25, 0.3) is 0 Å². The summed E-state index contributed by atoms with van der Waals surface area (Å²) in [5.74, 6) is 0.546. The van der Waals surface area contributed by atoms with E-state index in [1.165, 1.54) is 0 Å².